The predicted octanol–water partition coefficient (Wildman–Crippen LogP) is 13.8. The summed E-state index contributed by atoms with van der Waals surface area (Å²) in [5.41, 5.74) is 18.7. The summed E-state index contributed by atoms with van der Waals surface area (Å²) in [7, 11) is 0. The summed E-state index contributed by atoms with van der Waals surface area (Å²) in [6.07, 6.45) is 0. The van der Waals surface area contributed by atoms with Crippen LogP contribution >= 0.6 is 63.7 Å². The van der Waals surface area contributed by atoms with Gasteiger partial charge in [-0.25, -0.2) is 0 Å². The molecule has 0 nitrogen and oxygen atoms in total. The first-order valence-electron chi connectivity index (χ1n) is 16.4. The van der Waals surface area contributed by atoms with Crippen molar-refractivity contribution in [1.29, 1.82) is 0 Å². The molecular formula is C45H26Br4. The molecule has 4 heteroatoms. The van der Waals surface area contributed by atoms with Gasteiger partial charge in [0.15, 0.2) is 0 Å². The van der Waals surface area contributed by atoms with Crippen LogP contribution in [0.1, 0.15) is 50.1 Å². The zero-order chi connectivity index (χ0) is 33.2. The third-order valence-electron chi connectivity index (χ3n) is 11.0. The molecule has 234 valence electrons. The van der Waals surface area contributed by atoms with Crippen LogP contribution in [0.5, 0.6) is 0 Å². The molecule has 7 aromatic carbocycles. The van der Waals surface area contributed by atoms with Gasteiger partial charge in [0.25, 0.3) is 0 Å². The summed E-state index contributed by atoms with van der Waals surface area (Å²) in [6, 6.07) is 52.7. The Hall–Kier alpha value is -3.54. The van der Waals surface area contributed by atoms with Crippen LogP contribution in [0.25, 0.3) is 33.4 Å². The molecule has 10 rings (SSSR count). The zero-order valence-corrected chi connectivity index (χ0v) is 32.6. The van der Waals surface area contributed by atoms with Crippen LogP contribution in [0.2, 0.25) is 0 Å². The molecule has 3 aliphatic carbocycles. The SMILES string of the molecule is Cc1ccc2c(c1)-c1c(ccc3c1-c1ccccc1C31c3ccccc3-c3ccccc31)C2(c1cc(Br)cc(Br)c1)c1cc(Br)cc(Br)c1. The van der Waals surface area contributed by atoms with E-state index in [0.29, 0.717) is 0 Å². The molecule has 0 heterocycles. The molecule has 0 aromatic heterocycles. The Morgan fingerprint density at radius 3 is 1.27 bits per heavy atom. The van der Waals surface area contributed by atoms with Crippen LogP contribution in [-0.4, -0.2) is 0 Å². The van der Waals surface area contributed by atoms with Crippen molar-refractivity contribution >= 4 is 63.7 Å². The van der Waals surface area contributed by atoms with Gasteiger partial charge in [0.1, 0.15) is 0 Å². The van der Waals surface area contributed by atoms with E-state index in [-0.39, 0.29) is 0 Å². The lowest BCUT2D eigenvalue weighted by atomic mass is 9.66. The van der Waals surface area contributed by atoms with Gasteiger partial charge in [0.05, 0.1) is 10.8 Å². The maximum atomic E-state index is 3.87. The average molecular weight is 886 g/mol. The van der Waals surface area contributed by atoms with E-state index in [4.69, 9.17) is 0 Å². The van der Waals surface area contributed by atoms with Gasteiger partial charge in [-0.15, -0.1) is 0 Å². The van der Waals surface area contributed by atoms with Crippen molar-refractivity contribution in [3.63, 3.8) is 0 Å². The second-order valence-corrected chi connectivity index (χ2v) is 17.1. The van der Waals surface area contributed by atoms with Crippen LogP contribution < -0.4 is 0 Å². The van der Waals surface area contributed by atoms with Crippen molar-refractivity contribution < 1.29 is 0 Å². The highest BCUT2D eigenvalue weighted by atomic mass is 79.9. The van der Waals surface area contributed by atoms with E-state index in [2.05, 4.69) is 210 Å². The van der Waals surface area contributed by atoms with Crippen molar-refractivity contribution in [3.8, 4) is 33.4 Å². The molecule has 0 N–H and O–H groups in total. The Morgan fingerprint density at radius 2 is 0.735 bits per heavy atom. The highest BCUT2D eigenvalue weighted by Crippen LogP contribution is 2.67. The van der Waals surface area contributed by atoms with Crippen LogP contribution in [0.15, 0.2) is 157 Å². The zero-order valence-electron chi connectivity index (χ0n) is 26.3. The standard InChI is InChI=1S/C45H26Br4/c1-25-14-15-39-35(18-25)43-40(44(39,26-19-28(46)23-29(47)20-26)27-21-30(48)24-31(49)22-27)16-17-41-42(43)34-10-4-7-13-38(34)45(41)36-11-5-2-8-32(36)33-9-3-6-12-37(33)45/h2-24H,1H3. The summed E-state index contributed by atoms with van der Waals surface area (Å²) in [5, 5.41) is 0. The smallest absolute Gasteiger partial charge is 0.0619 e. The molecule has 0 aliphatic heterocycles. The first-order chi connectivity index (χ1) is 23.8. The molecule has 49 heavy (non-hydrogen) atoms. The third kappa shape index (κ3) is 3.89. The number of hydrogen-bond donors (Lipinski definition) is 0. The van der Waals surface area contributed by atoms with Crippen LogP contribution in [0, 0.1) is 6.92 Å². The van der Waals surface area contributed by atoms with Gasteiger partial charge in [-0.05, 0) is 121 Å². The van der Waals surface area contributed by atoms with E-state index in [0.717, 1.165) is 17.9 Å². The second-order valence-electron chi connectivity index (χ2n) is 13.4. The molecule has 0 saturated heterocycles. The molecule has 0 bridgehead atoms. The largest absolute Gasteiger partial charge is 0.0725 e. The molecule has 1 spiro atoms. The van der Waals surface area contributed by atoms with E-state index in [1.54, 1.807) is 0 Å². The number of hydrogen-bond acceptors (Lipinski definition) is 0. The van der Waals surface area contributed by atoms with Gasteiger partial charge in [0.2, 0.25) is 0 Å². The maximum absolute atomic E-state index is 3.87. The normalized spacial score (nSPS) is 15.0. The van der Waals surface area contributed by atoms with E-state index in [9.17, 15) is 0 Å². The van der Waals surface area contributed by atoms with Crippen LogP contribution in [0.4, 0.5) is 0 Å². The Balaban J connectivity index is 1.42. The fourth-order valence-electron chi connectivity index (χ4n) is 9.44. The van der Waals surface area contributed by atoms with Gasteiger partial charge >= 0.3 is 0 Å². The summed E-state index contributed by atoms with van der Waals surface area (Å²) in [6.45, 7) is 2.22. The number of benzene rings is 7. The minimum atomic E-state index is -0.581. The molecule has 0 fully saturated rings. The van der Waals surface area contributed by atoms with Crippen molar-refractivity contribution in [1.82, 2.24) is 0 Å². The lowest BCUT2D eigenvalue weighted by Gasteiger charge is -2.35. The Bertz CT molecular complexity index is 2440. The Kier molecular flexibility index (Phi) is 6.64. The van der Waals surface area contributed by atoms with E-state index in [1.807, 2.05) is 0 Å². The molecule has 0 atom stereocenters. The molecule has 3 aliphatic rings. The minimum Gasteiger partial charge on any atom is -0.0619 e. The van der Waals surface area contributed by atoms with Gasteiger partial charge in [-0.3, -0.25) is 0 Å². The van der Waals surface area contributed by atoms with Gasteiger partial charge < -0.3 is 0 Å². The number of fused-ring (bicyclic) bond motifs is 14. The van der Waals surface area contributed by atoms with Gasteiger partial charge in [0, 0.05) is 17.9 Å². The van der Waals surface area contributed by atoms with Gasteiger partial charge in [-0.2, -0.15) is 0 Å². The summed E-state index contributed by atoms with van der Waals surface area (Å²) >= 11 is 15.5. The van der Waals surface area contributed by atoms with E-state index < -0.39 is 10.8 Å². The topological polar surface area (TPSA) is 0 Å². The molecular weight excluding hydrogens is 860 g/mol. The van der Waals surface area contributed by atoms with Crippen molar-refractivity contribution in [2.24, 2.45) is 0 Å². The lowest BCUT2D eigenvalue weighted by molar-refractivity contribution is 0.761. The number of aryl methyl sites for hydroxylation is 1. The molecule has 0 saturated carbocycles. The predicted molar refractivity (Wildman–Crippen MR) is 216 cm³/mol. The van der Waals surface area contributed by atoms with Crippen molar-refractivity contribution in [2.75, 3.05) is 0 Å². The monoisotopic (exact) mass is 882 g/mol. The van der Waals surface area contributed by atoms with Crippen molar-refractivity contribution in [3.05, 3.63) is 207 Å². The fraction of sp³-hybridized carbons (Fsp3) is 0.0667. The summed E-state index contributed by atoms with van der Waals surface area (Å²) < 4.78 is 4.16. The van der Waals surface area contributed by atoms with Crippen molar-refractivity contribution in [2.45, 2.75) is 17.8 Å². The maximum Gasteiger partial charge on any atom is 0.0725 e. The van der Waals surface area contributed by atoms with E-state index >= 15 is 0 Å². The van der Waals surface area contributed by atoms with E-state index in [1.165, 1.54) is 83.5 Å². The first-order valence-corrected chi connectivity index (χ1v) is 19.5. The highest BCUT2D eigenvalue weighted by molar-refractivity contribution is 9.11. The lowest BCUT2D eigenvalue weighted by Crippen LogP contribution is -2.29. The quantitative estimate of drug-likeness (QED) is 0.162. The molecule has 0 amide bonds. The fourth-order valence-corrected chi connectivity index (χ4v) is 12.0. The number of halogens is 4. The van der Waals surface area contributed by atoms with Crippen LogP contribution in [0.3, 0.4) is 0 Å². The summed E-state index contributed by atoms with van der Waals surface area (Å²) in [5.74, 6) is 0. The Labute approximate surface area is 319 Å². The Morgan fingerprint density at radius 1 is 0.347 bits per heavy atom. The number of rotatable bonds is 2. The van der Waals surface area contributed by atoms with Crippen LogP contribution in [-0.2, 0) is 10.8 Å². The minimum absolute atomic E-state index is 0.402. The first kappa shape index (κ1) is 30.3. The second kappa shape index (κ2) is 10.7. The molecule has 0 unspecified atom stereocenters. The third-order valence-corrected chi connectivity index (χ3v) is 12.8. The van der Waals surface area contributed by atoms with Gasteiger partial charge in [-0.1, -0.05) is 172 Å². The average Bonchev–Trinajstić information content (AvgIpc) is 3.67. The molecule has 7 aromatic rings. The molecule has 0 radical (unpaired) electrons. The highest BCUT2D eigenvalue weighted by Gasteiger charge is 2.55. The summed E-state index contributed by atoms with van der Waals surface area (Å²) in [4.78, 5) is 0.